The molecule has 1 aliphatic heterocycles. The molecule has 1 fully saturated rings. The quantitative estimate of drug-likeness (QED) is 0.616. The molecule has 2 aromatic rings. The molecule has 0 atom stereocenters. The molecule has 1 spiro atoms. The molecule has 3 nitrogen and oxygen atoms in total. The molecule has 0 aromatic heterocycles. The van der Waals surface area contributed by atoms with E-state index in [1.807, 2.05) is 0 Å². The van der Waals surface area contributed by atoms with E-state index in [0.29, 0.717) is 0 Å². The van der Waals surface area contributed by atoms with Crippen LogP contribution < -0.4 is 4.90 Å². The number of hydrogen-bond acceptors (Lipinski definition) is 3. The molecule has 4 heteroatoms. The van der Waals surface area contributed by atoms with E-state index >= 15 is 0 Å². The van der Waals surface area contributed by atoms with Gasteiger partial charge < -0.3 is 4.90 Å². The lowest BCUT2D eigenvalue weighted by atomic mass is 9.79. The van der Waals surface area contributed by atoms with Gasteiger partial charge in [0.2, 0.25) is 0 Å². The molecule has 0 radical (unpaired) electrons. The first-order valence-electron chi connectivity index (χ1n) is 9.78. The van der Waals surface area contributed by atoms with Crippen LogP contribution in [0.1, 0.15) is 43.2 Å². The highest BCUT2D eigenvalue weighted by Crippen LogP contribution is 2.44. The Morgan fingerprint density at radius 1 is 0.963 bits per heavy atom. The van der Waals surface area contributed by atoms with Gasteiger partial charge >= 0.3 is 0 Å². The fraction of sp³-hybridized carbons (Fsp3) is 0.391. The van der Waals surface area contributed by atoms with E-state index in [2.05, 4.69) is 73.5 Å². The van der Waals surface area contributed by atoms with Gasteiger partial charge in [-0.15, -0.1) is 0 Å². The molecule has 27 heavy (non-hydrogen) atoms. The van der Waals surface area contributed by atoms with Crippen molar-refractivity contribution in [2.45, 2.75) is 51.5 Å². The Kier molecular flexibility index (Phi) is 5.09. The van der Waals surface area contributed by atoms with Crippen LogP contribution in [0.2, 0.25) is 0 Å². The summed E-state index contributed by atoms with van der Waals surface area (Å²) in [6, 6.07) is 17.2. The van der Waals surface area contributed by atoms with Crippen molar-refractivity contribution in [3.05, 3.63) is 59.7 Å². The first-order chi connectivity index (χ1) is 13.1. The summed E-state index contributed by atoms with van der Waals surface area (Å²) in [5, 5.41) is 1.06. The highest BCUT2D eigenvalue weighted by Gasteiger charge is 2.49. The third-order valence-electron chi connectivity index (χ3n) is 5.60. The summed E-state index contributed by atoms with van der Waals surface area (Å²) in [6.45, 7) is 4.27. The highest BCUT2D eigenvalue weighted by molar-refractivity contribution is 8.13. The molecule has 4 rings (SSSR count). The zero-order chi connectivity index (χ0) is 18.9. The predicted octanol–water partition coefficient (Wildman–Crippen LogP) is 6.28. The van der Waals surface area contributed by atoms with E-state index in [1.54, 1.807) is 11.8 Å². The van der Waals surface area contributed by atoms with Crippen molar-refractivity contribution in [1.29, 1.82) is 0 Å². The largest absolute Gasteiger partial charge is 0.307 e. The maximum absolute atomic E-state index is 5.07. The van der Waals surface area contributed by atoms with Gasteiger partial charge in [-0.2, -0.15) is 0 Å². The first kappa shape index (κ1) is 18.3. The lowest BCUT2D eigenvalue weighted by Crippen LogP contribution is -2.52. The molecule has 2 aromatic carbocycles. The molecule has 1 aliphatic carbocycles. The minimum absolute atomic E-state index is 0.117. The van der Waals surface area contributed by atoms with E-state index in [1.165, 1.54) is 36.1 Å². The molecule has 1 heterocycles. The van der Waals surface area contributed by atoms with Gasteiger partial charge in [0.05, 0.1) is 5.69 Å². The number of thioether (sulfide) groups is 1. The SMILES string of the molecule is CSC1=NC(=Nc2cccc(C)c2)C2(CCCCC2)N1c1cccc(C)c1. The van der Waals surface area contributed by atoms with E-state index in [-0.39, 0.29) is 5.54 Å². The standard InChI is InChI=1S/C23H27N3S/c1-17-9-7-11-19(15-17)24-21-23(13-5-4-6-14-23)26(22(25-21)27-3)20-12-8-10-18(2)16-20/h7-12,15-16H,4-6,13-14H2,1-3H3. The number of benzene rings is 2. The van der Waals surface area contributed by atoms with Crippen LogP contribution in [0.5, 0.6) is 0 Å². The smallest absolute Gasteiger partial charge is 0.170 e. The summed E-state index contributed by atoms with van der Waals surface area (Å²) in [5.41, 5.74) is 4.64. The Morgan fingerprint density at radius 2 is 1.67 bits per heavy atom. The summed E-state index contributed by atoms with van der Waals surface area (Å²) >= 11 is 1.72. The zero-order valence-electron chi connectivity index (χ0n) is 16.4. The topological polar surface area (TPSA) is 28.0 Å². The van der Waals surface area contributed by atoms with Gasteiger partial charge in [0.25, 0.3) is 0 Å². The Balaban J connectivity index is 1.85. The first-order valence-corrected chi connectivity index (χ1v) is 11.0. The average molecular weight is 378 g/mol. The van der Waals surface area contributed by atoms with Gasteiger partial charge in [-0.05, 0) is 68.3 Å². The van der Waals surface area contributed by atoms with E-state index in [9.17, 15) is 0 Å². The average Bonchev–Trinajstić information content (AvgIpc) is 2.95. The van der Waals surface area contributed by atoms with E-state index in [0.717, 1.165) is 29.5 Å². The minimum Gasteiger partial charge on any atom is -0.307 e. The summed E-state index contributed by atoms with van der Waals surface area (Å²) < 4.78 is 0. The maximum atomic E-state index is 5.07. The summed E-state index contributed by atoms with van der Waals surface area (Å²) in [4.78, 5) is 12.6. The predicted molar refractivity (Wildman–Crippen MR) is 119 cm³/mol. The van der Waals surface area contributed by atoms with Gasteiger partial charge in [0.15, 0.2) is 11.0 Å². The van der Waals surface area contributed by atoms with Crippen LogP contribution >= 0.6 is 11.8 Å². The second kappa shape index (κ2) is 7.51. The Bertz CT molecular complexity index is 894. The molecule has 1 saturated carbocycles. The number of aryl methyl sites for hydroxylation is 2. The lowest BCUT2D eigenvalue weighted by Gasteiger charge is -2.42. The lowest BCUT2D eigenvalue weighted by molar-refractivity contribution is 0.385. The third kappa shape index (κ3) is 3.43. The molecule has 2 aliphatic rings. The van der Waals surface area contributed by atoms with Gasteiger partial charge in [-0.3, -0.25) is 0 Å². The second-order valence-electron chi connectivity index (χ2n) is 7.64. The second-order valence-corrected chi connectivity index (χ2v) is 8.41. The molecule has 0 N–H and O–H groups in total. The van der Waals surface area contributed by atoms with Crippen LogP contribution in [0, 0.1) is 13.8 Å². The zero-order valence-corrected chi connectivity index (χ0v) is 17.2. The normalized spacial score (nSPS) is 20.3. The van der Waals surface area contributed by atoms with Crippen molar-refractivity contribution in [1.82, 2.24) is 0 Å². The molecule has 0 unspecified atom stereocenters. The van der Waals surface area contributed by atoms with E-state index in [4.69, 9.17) is 9.98 Å². The van der Waals surface area contributed by atoms with Crippen molar-refractivity contribution in [3.63, 3.8) is 0 Å². The molecule has 0 bridgehead atoms. The van der Waals surface area contributed by atoms with Gasteiger partial charge in [0.1, 0.15) is 5.54 Å². The van der Waals surface area contributed by atoms with Crippen molar-refractivity contribution in [2.75, 3.05) is 11.2 Å². The van der Waals surface area contributed by atoms with Crippen molar-refractivity contribution in [2.24, 2.45) is 9.98 Å². The number of anilines is 1. The van der Waals surface area contributed by atoms with Crippen LogP contribution in [-0.2, 0) is 0 Å². The number of nitrogens with zero attached hydrogens (tertiary/aromatic N) is 3. The van der Waals surface area contributed by atoms with Crippen LogP contribution in [0.3, 0.4) is 0 Å². The number of aliphatic imine (C=N–C) groups is 2. The van der Waals surface area contributed by atoms with Gasteiger partial charge in [-0.25, -0.2) is 9.98 Å². The van der Waals surface area contributed by atoms with Crippen molar-refractivity contribution in [3.8, 4) is 0 Å². The molecular weight excluding hydrogens is 350 g/mol. The maximum Gasteiger partial charge on any atom is 0.170 e. The van der Waals surface area contributed by atoms with Crippen LogP contribution in [0.15, 0.2) is 58.5 Å². The number of hydrogen-bond donors (Lipinski definition) is 0. The highest BCUT2D eigenvalue weighted by atomic mass is 32.2. The molecule has 0 saturated heterocycles. The third-order valence-corrected chi connectivity index (χ3v) is 6.24. The van der Waals surface area contributed by atoms with E-state index < -0.39 is 0 Å². The molecule has 0 amide bonds. The van der Waals surface area contributed by atoms with Crippen molar-refractivity contribution < 1.29 is 0 Å². The Hall–Kier alpha value is -2.07. The van der Waals surface area contributed by atoms with Gasteiger partial charge in [-0.1, -0.05) is 55.3 Å². The fourth-order valence-corrected chi connectivity index (χ4v) is 4.96. The minimum atomic E-state index is -0.117. The van der Waals surface area contributed by atoms with Crippen LogP contribution in [0.25, 0.3) is 0 Å². The molecule has 140 valence electrons. The summed E-state index contributed by atoms with van der Waals surface area (Å²) in [7, 11) is 0. The molecular formula is C23H27N3S. The number of amidine groups is 2. The van der Waals surface area contributed by atoms with Crippen molar-refractivity contribution >= 4 is 34.1 Å². The fourth-order valence-electron chi connectivity index (χ4n) is 4.32. The summed E-state index contributed by atoms with van der Waals surface area (Å²) in [5.74, 6) is 0.985. The van der Waals surface area contributed by atoms with Crippen LogP contribution in [0.4, 0.5) is 11.4 Å². The van der Waals surface area contributed by atoms with Gasteiger partial charge in [0, 0.05) is 5.69 Å². The Labute approximate surface area is 166 Å². The summed E-state index contributed by atoms with van der Waals surface area (Å²) in [6.07, 6.45) is 8.10. The van der Waals surface area contributed by atoms with Crippen LogP contribution in [-0.4, -0.2) is 22.8 Å². The Morgan fingerprint density at radius 3 is 2.33 bits per heavy atom. The monoisotopic (exact) mass is 377 g/mol. The number of rotatable bonds is 2.